The van der Waals surface area contributed by atoms with Crippen LogP contribution in [-0.4, -0.2) is 43.9 Å². The molecule has 1 heterocycles. The minimum absolute atomic E-state index is 0.0128. The molecule has 2 aromatic carbocycles. The molecule has 0 radical (unpaired) electrons. The number of anilines is 2. The molecule has 2 aromatic rings. The van der Waals surface area contributed by atoms with E-state index in [-0.39, 0.29) is 16.8 Å². The summed E-state index contributed by atoms with van der Waals surface area (Å²) in [4.78, 5) is 29.6. The van der Waals surface area contributed by atoms with Crippen molar-refractivity contribution in [1.29, 1.82) is 0 Å². The number of hydrogen-bond acceptors (Lipinski definition) is 3. The number of carbonyl (C=O) groups excluding carboxylic acids is 2. The van der Waals surface area contributed by atoms with E-state index in [9.17, 15) is 9.59 Å². The van der Waals surface area contributed by atoms with Gasteiger partial charge in [0.25, 0.3) is 11.8 Å². The highest BCUT2D eigenvalue weighted by atomic mass is 35.5. The molecule has 5 nitrogen and oxygen atoms in total. The van der Waals surface area contributed by atoms with Crippen molar-refractivity contribution in [3.8, 4) is 0 Å². The number of rotatable bonds is 4. The van der Waals surface area contributed by atoms with Gasteiger partial charge in [-0.1, -0.05) is 30.1 Å². The molecule has 1 N–H and O–H groups in total. The van der Waals surface area contributed by atoms with Crippen molar-refractivity contribution in [2.45, 2.75) is 19.8 Å². The van der Waals surface area contributed by atoms with Gasteiger partial charge in [-0.05, 0) is 55.2 Å². The molecule has 154 valence electrons. The van der Waals surface area contributed by atoms with E-state index in [0.29, 0.717) is 27.8 Å². The number of hydrogen-bond donors (Lipinski definition) is 1. The average Bonchev–Trinajstić information content (AvgIpc) is 2.67. The molecule has 3 rings (SSSR count). The molecule has 0 spiro atoms. The van der Waals surface area contributed by atoms with E-state index < -0.39 is 0 Å². The number of benzene rings is 2. The maximum absolute atomic E-state index is 13.2. The van der Waals surface area contributed by atoms with Crippen LogP contribution in [0.2, 0.25) is 10.0 Å². The van der Waals surface area contributed by atoms with Gasteiger partial charge < -0.3 is 15.1 Å². The summed E-state index contributed by atoms with van der Waals surface area (Å²) in [7, 11) is 3.80. The first-order valence-electron chi connectivity index (χ1n) is 9.63. The van der Waals surface area contributed by atoms with Crippen molar-refractivity contribution in [3.63, 3.8) is 0 Å². The van der Waals surface area contributed by atoms with Gasteiger partial charge in [-0.15, -0.1) is 0 Å². The number of nitrogens with zero attached hydrogens (tertiary/aromatic N) is 2. The highest BCUT2D eigenvalue weighted by molar-refractivity contribution is 6.37. The first kappa shape index (κ1) is 21.5. The standard InChI is InChI=1S/C22H25Cl2N3O2/c1-14-8-10-27(11-9-14)22(29)18-13-16(5-7-20(18)26(2)3)25-21(28)17-6-4-15(23)12-19(17)24/h4-7,12-14H,8-11H2,1-3H3,(H,25,28). The Morgan fingerprint density at radius 3 is 2.34 bits per heavy atom. The molecule has 0 aliphatic carbocycles. The van der Waals surface area contributed by atoms with Gasteiger partial charge in [0, 0.05) is 43.6 Å². The van der Waals surface area contributed by atoms with Crippen LogP contribution in [0.3, 0.4) is 0 Å². The fourth-order valence-electron chi connectivity index (χ4n) is 3.43. The van der Waals surface area contributed by atoms with Crippen molar-refractivity contribution in [3.05, 3.63) is 57.6 Å². The minimum atomic E-state index is -0.352. The van der Waals surface area contributed by atoms with Crippen LogP contribution in [-0.2, 0) is 0 Å². The van der Waals surface area contributed by atoms with E-state index in [4.69, 9.17) is 23.2 Å². The summed E-state index contributed by atoms with van der Waals surface area (Å²) in [5, 5.41) is 3.57. The molecule has 0 atom stereocenters. The third-order valence-corrected chi connectivity index (χ3v) is 5.76. The Bertz CT molecular complexity index is 922. The Morgan fingerprint density at radius 1 is 1.03 bits per heavy atom. The maximum atomic E-state index is 13.2. The lowest BCUT2D eigenvalue weighted by Crippen LogP contribution is -2.38. The van der Waals surface area contributed by atoms with E-state index in [1.165, 1.54) is 6.07 Å². The predicted octanol–water partition coefficient (Wildman–Crippen LogP) is 5.18. The quantitative estimate of drug-likeness (QED) is 0.721. The number of nitrogens with one attached hydrogen (secondary N) is 1. The minimum Gasteiger partial charge on any atom is -0.377 e. The molecule has 0 bridgehead atoms. The fourth-order valence-corrected chi connectivity index (χ4v) is 3.92. The first-order valence-corrected chi connectivity index (χ1v) is 10.4. The van der Waals surface area contributed by atoms with Gasteiger partial charge in [0.05, 0.1) is 16.1 Å². The lowest BCUT2D eigenvalue weighted by molar-refractivity contribution is 0.0697. The van der Waals surface area contributed by atoms with E-state index in [0.717, 1.165) is 31.6 Å². The lowest BCUT2D eigenvalue weighted by Gasteiger charge is -2.31. The Balaban J connectivity index is 1.86. The average molecular weight is 434 g/mol. The smallest absolute Gasteiger partial charge is 0.257 e. The van der Waals surface area contributed by atoms with E-state index in [1.807, 2.05) is 30.0 Å². The molecule has 0 saturated carbocycles. The monoisotopic (exact) mass is 433 g/mol. The van der Waals surface area contributed by atoms with Crippen molar-refractivity contribution in [2.24, 2.45) is 5.92 Å². The molecule has 1 saturated heterocycles. The second-order valence-corrected chi connectivity index (χ2v) is 8.52. The molecule has 29 heavy (non-hydrogen) atoms. The first-order chi connectivity index (χ1) is 13.8. The molecule has 0 aromatic heterocycles. The summed E-state index contributed by atoms with van der Waals surface area (Å²) in [6.07, 6.45) is 2.02. The Hall–Kier alpha value is -2.24. The maximum Gasteiger partial charge on any atom is 0.257 e. The zero-order valence-electron chi connectivity index (χ0n) is 16.8. The summed E-state index contributed by atoms with van der Waals surface area (Å²) < 4.78 is 0. The number of piperidine rings is 1. The second-order valence-electron chi connectivity index (χ2n) is 7.68. The van der Waals surface area contributed by atoms with Crippen LogP contribution in [0.5, 0.6) is 0 Å². The number of amides is 2. The molecule has 1 fully saturated rings. The Kier molecular flexibility index (Phi) is 6.70. The summed E-state index contributed by atoms with van der Waals surface area (Å²) in [6, 6.07) is 10.1. The van der Waals surface area contributed by atoms with Crippen molar-refractivity contribution >= 4 is 46.4 Å². The van der Waals surface area contributed by atoms with E-state index >= 15 is 0 Å². The van der Waals surface area contributed by atoms with Gasteiger partial charge in [0.1, 0.15) is 0 Å². The van der Waals surface area contributed by atoms with Crippen LogP contribution >= 0.6 is 23.2 Å². The third-order valence-electron chi connectivity index (χ3n) is 5.21. The lowest BCUT2D eigenvalue weighted by atomic mass is 9.98. The van der Waals surface area contributed by atoms with Gasteiger partial charge in [-0.3, -0.25) is 9.59 Å². The number of halogens is 2. The van der Waals surface area contributed by atoms with E-state index in [2.05, 4.69) is 12.2 Å². The largest absolute Gasteiger partial charge is 0.377 e. The van der Waals surface area contributed by atoms with Crippen molar-refractivity contribution < 1.29 is 9.59 Å². The van der Waals surface area contributed by atoms with Crippen LogP contribution in [0.15, 0.2) is 36.4 Å². The summed E-state index contributed by atoms with van der Waals surface area (Å²) in [5.41, 5.74) is 2.26. The topological polar surface area (TPSA) is 52.7 Å². The van der Waals surface area contributed by atoms with Gasteiger partial charge in [0.2, 0.25) is 0 Å². The normalized spacial score (nSPS) is 14.6. The second kappa shape index (κ2) is 9.06. The summed E-state index contributed by atoms with van der Waals surface area (Å²) in [5.74, 6) is 0.276. The van der Waals surface area contributed by atoms with Gasteiger partial charge in [-0.25, -0.2) is 0 Å². The molecule has 2 amide bonds. The van der Waals surface area contributed by atoms with Crippen LogP contribution in [0, 0.1) is 5.92 Å². The van der Waals surface area contributed by atoms with Gasteiger partial charge in [-0.2, -0.15) is 0 Å². The fraction of sp³-hybridized carbons (Fsp3) is 0.364. The van der Waals surface area contributed by atoms with Crippen LogP contribution < -0.4 is 10.2 Å². The zero-order chi connectivity index (χ0) is 21.1. The Labute approximate surface area is 181 Å². The highest BCUT2D eigenvalue weighted by Gasteiger charge is 2.24. The Morgan fingerprint density at radius 2 is 1.72 bits per heavy atom. The highest BCUT2D eigenvalue weighted by Crippen LogP contribution is 2.28. The molecule has 1 aliphatic rings. The van der Waals surface area contributed by atoms with Crippen molar-refractivity contribution in [1.82, 2.24) is 4.90 Å². The molecular formula is C22H25Cl2N3O2. The van der Waals surface area contributed by atoms with Gasteiger partial charge >= 0.3 is 0 Å². The third kappa shape index (κ3) is 5.03. The predicted molar refractivity (Wildman–Crippen MR) is 119 cm³/mol. The number of likely N-dealkylation sites (tertiary alicyclic amines) is 1. The van der Waals surface area contributed by atoms with Gasteiger partial charge in [0.15, 0.2) is 0 Å². The zero-order valence-corrected chi connectivity index (χ0v) is 18.3. The van der Waals surface area contributed by atoms with E-state index in [1.54, 1.807) is 24.3 Å². The molecule has 7 heteroatoms. The SMILES string of the molecule is CC1CCN(C(=O)c2cc(NC(=O)c3ccc(Cl)cc3Cl)ccc2N(C)C)CC1. The van der Waals surface area contributed by atoms with Crippen LogP contribution in [0.1, 0.15) is 40.5 Å². The summed E-state index contributed by atoms with van der Waals surface area (Å²) in [6.45, 7) is 3.72. The molecular weight excluding hydrogens is 409 g/mol. The molecule has 0 unspecified atom stereocenters. The van der Waals surface area contributed by atoms with Crippen LogP contribution in [0.4, 0.5) is 11.4 Å². The van der Waals surface area contributed by atoms with Crippen LogP contribution in [0.25, 0.3) is 0 Å². The molecule has 1 aliphatic heterocycles. The summed E-state index contributed by atoms with van der Waals surface area (Å²) >= 11 is 12.0. The number of carbonyl (C=O) groups is 2. The van der Waals surface area contributed by atoms with Crippen molar-refractivity contribution in [2.75, 3.05) is 37.4 Å².